The van der Waals surface area contributed by atoms with E-state index in [2.05, 4.69) is 47.6 Å². The first-order chi connectivity index (χ1) is 14.8. The van der Waals surface area contributed by atoms with E-state index in [0.29, 0.717) is 5.82 Å². The average Bonchev–Trinajstić information content (AvgIpc) is 3.51. The highest BCUT2D eigenvalue weighted by atomic mass is 15.2. The fourth-order valence-corrected chi connectivity index (χ4v) is 3.89. The molecule has 5 aromatic rings. The van der Waals surface area contributed by atoms with Crippen LogP contribution in [0.15, 0.2) is 43.1 Å². The Morgan fingerprint density at radius 2 is 2.10 bits per heavy atom. The van der Waals surface area contributed by atoms with Crippen LogP contribution in [0.5, 0.6) is 0 Å². The number of hydrogen-bond donors (Lipinski definition) is 3. The maximum absolute atomic E-state index is 4.84. The van der Waals surface area contributed by atoms with E-state index in [4.69, 9.17) is 4.98 Å². The zero-order valence-corrected chi connectivity index (χ0v) is 16.3. The highest BCUT2D eigenvalue weighted by molar-refractivity contribution is 5.94. The number of fused-ring (bicyclic) bond motifs is 2. The highest BCUT2D eigenvalue weighted by Crippen LogP contribution is 2.29. The van der Waals surface area contributed by atoms with Crippen LogP contribution in [0.1, 0.15) is 17.8 Å². The van der Waals surface area contributed by atoms with E-state index in [-0.39, 0.29) is 0 Å². The van der Waals surface area contributed by atoms with Gasteiger partial charge in [0.2, 0.25) is 0 Å². The minimum Gasteiger partial charge on any atom is -0.336 e. The third kappa shape index (κ3) is 2.71. The van der Waals surface area contributed by atoms with Gasteiger partial charge in [0.25, 0.3) is 0 Å². The molecule has 0 saturated heterocycles. The van der Waals surface area contributed by atoms with Crippen molar-refractivity contribution < 1.29 is 0 Å². The number of aryl methyl sites for hydroxylation is 1. The lowest BCUT2D eigenvalue weighted by atomic mass is 10.0. The number of nitrogens with one attached hydrogen (secondary N) is 3. The number of H-pyrrole nitrogens is 2. The van der Waals surface area contributed by atoms with Crippen molar-refractivity contribution in [2.45, 2.75) is 13.3 Å². The van der Waals surface area contributed by atoms with Crippen LogP contribution >= 0.6 is 0 Å². The number of aromatic amines is 2. The van der Waals surface area contributed by atoms with E-state index in [1.807, 2.05) is 30.0 Å². The van der Waals surface area contributed by atoms with Crippen LogP contribution in [0, 0.1) is 6.92 Å². The van der Waals surface area contributed by atoms with Gasteiger partial charge in [-0.15, -0.1) is 0 Å². The predicted octanol–water partition coefficient (Wildman–Crippen LogP) is 2.77. The Morgan fingerprint density at radius 1 is 1.13 bits per heavy atom. The predicted molar refractivity (Wildman–Crippen MR) is 114 cm³/mol. The molecule has 5 aromatic heterocycles. The lowest BCUT2D eigenvalue weighted by Crippen LogP contribution is -2.20. The summed E-state index contributed by atoms with van der Waals surface area (Å²) >= 11 is 0. The van der Waals surface area contributed by atoms with Crippen molar-refractivity contribution in [3.63, 3.8) is 0 Å². The first-order valence-corrected chi connectivity index (χ1v) is 9.86. The lowest BCUT2D eigenvalue weighted by molar-refractivity contribution is 0.737. The average molecular weight is 397 g/mol. The zero-order valence-electron chi connectivity index (χ0n) is 16.3. The minimum atomic E-state index is 0.693. The molecule has 0 aromatic carbocycles. The second kappa shape index (κ2) is 6.60. The van der Waals surface area contributed by atoms with E-state index >= 15 is 0 Å². The molecule has 6 rings (SSSR count). The topological polar surface area (TPSA) is 113 Å². The smallest absolute Gasteiger partial charge is 0.166 e. The van der Waals surface area contributed by atoms with Crippen molar-refractivity contribution >= 4 is 27.5 Å². The summed E-state index contributed by atoms with van der Waals surface area (Å²) in [5.41, 5.74) is 6.49. The molecule has 0 unspecified atom stereocenters. The summed E-state index contributed by atoms with van der Waals surface area (Å²) in [5, 5.41) is 11.9. The molecule has 0 atom stereocenters. The molecule has 3 N–H and O–H groups in total. The molecular weight excluding hydrogens is 378 g/mol. The van der Waals surface area contributed by atoms with Crippen LogP contribution in [-0.2, 0) is 0 Å². The summed E-state index contributed by atoms with van der Waals surface area (Å²) in [4.78, 5) is 21.7. The number of pyridine rings is 2. The summed E-state index contributed by atoms with van der Waals surface area (Å²) in [6, 6.07) is 4.01. The molecule has 0 saturated carbocycles. The maximum Gasteiger partial charge on any atom is 0.166 e. The molecule has 0 fully saturated rings. The van der Waals surface area contributed by atoms with Gasteiger partial charge in [0.05, 0.1) is 28.6 Å². The molecule has 6 heterocycles. The van der Waals surface area contributed by atoms with Crippen LogP contribution in [-0.4, -0.2) is 52.8 Å². The third-order valence-electron chi connectivity index (χ3n) is 5.40. The van der Waals surface area contributed by atoms with Crippen LogP contribution in [0.4, 0.5) is 0 Å². The van der Waals surface area contributed by atoms with Crippen molar-refractivity contribution in [3.8, 4) is 17.3 Å². The van der Waals surface area contributed by atoms with E-state index in [0.717, 1.165) is 64.3 Å². The van der Waals surface area contributed by atoms with Crippen LogP contribution in [0.25, 0.3) is 44.8 Å². The van der Waals surface area contributed by atoms with Crippen molar-refractivity contribution in [3.05, 3.63) is 54.5 Å². The Balaban J connectivity index is 1.49. The van der Waals surface area contributed by atoms with Gasteiger partial charge >= 0.3 is 0 Å². The van der Waals surface area contributed by atoms with Gasteiger partial charge in [-0.2, -0.15) is 5.10 Å². The summed E-state index contributed by atoms with van der Waals surface area (Å²) in [6.45, 7) is 3.79. The standard InChI is InChI=1S/C21H19N9/c1-12-10-30(11-25-12)21-19-15(4-7-23-21)26-20(27-19)18-14-8-16(13-2-5-22-6-3-13)24-9-17(14)28-29-18/h2,4,7-11,22H,3,5-6H2,1H3,(H,26,27)(H,28,29). The number of imidazole rings is 2. The van der Waals surface area contributed by atoms with E-state index in [1.165, 1.54) is 5.57 Å². The number of nitrogens with zero attached hydrogens (tertiary/aromatic N) is 6. The Bertz CT molecular complexity index is 1420. The number of rotatable bonds is 3. The third-order valence-corrected chi connectivity index (χ3v) is 5.40. The van der Waals surface area contributed by atoms with Crippen LogP contribution in [0.2, 0.25) is 0 Å². The lowest BCUT2D eigenvalue weighted by Gasteiger charge is -2.13. The van der Waals surface area contributed by atoms with Gasteiger partial charge in [-0.3, -0.25) is 14.6 Å². The largest absolute Gasteiger partial charge is 0.336 e. The number of aromatic nitrogens is 8. The second-order valence-electron chi connectivity index (χ2n) is 7.41. The summed E-state index contributed by atoms with van der Waals surface area (Å²) in [7, 11) is 0. The summed E-state index contributed by atoms with van der Waals surface area (Å²) < 4.78 is 1.89. The highest BCUT2D eigenvalue weighted by Gasteiger charge is 2.17. The summed E-state index contributed by atoms with van der Waals surface area (Å²) in [6.07, 6.45) is 10.5. The van der Waals surface area contributed by atoms with Crippen LogP contribution < -0.4 is 5.32 Å². The molecule has 0 spiro atoms. The van der Waals surface area contributed by atoms with Crippen molar-refractivity contribution in [2.75, 3.05) is 13.1 Å². The normalized spacial score (nSPS) is 14.5. The van der Waals surface area contributed by atoms with E-state index in [9.17, 15) is 0 Å². The van der Waals surface area contributed by atoms with Crippen molar-refractivity contribution in [1.82, 2.24) is 45.0 Å². The van der Waals surface area contributed by atoms with Gasteiger partial charge in [0.15, 0.2) is 11.6 Å². The van der Waals surface area contributed by atoms with Crippen molar-refractivity contribution in [2.24, 2.45) is 0 Å². The second-order valence-corrected chi connectivity index (χ2v) is 7.41. The van der Waals surface area contributed by atoms with Gasteiger partial charge in [0.1, 0.15) is 17.5 Å². The molecule has 0 radical (unpaired) electrons. The van der Waals surface area contributed by atoms with Crippen molar-refractivity contribution in [1.29, 1.82) is 0 Å². The quantitative estimate of drug-likeness (QED) is 0.431. The van der Waals surface area contributed by atoms with Gasteiger partial charge in [-0.25, -0.2) is 15.0 Å². The molecule has 30 heavy (non-hydrogen) atoms. The summed E-state index contributed by atoms with van der Waals surface area (Å²) in [5.74, 6) is 1.43. The maximum atomic E-state index is 4.84. The Labute approximate surface area is 171 Å². The molecule has 1 aliphatic heterocycles. The fraction of sp³-hybridized carbons (Fsp3) is 0.190. The molecule has 9 heteroatoms. The molecule has 9 nitrogen and oxygen atoms in total. The first kappa shape index (κ1) is 17.0. The SMILES string of the molecule is Cc1cn(-c2nccc3[nH]c(-c4n[nH]c5cnc(C6=CCNCC6)cc45)nc23)cn1. The Morgan fingerprint density at radius 3 is 2.93 bits per heavy atom. The molecule has 0 bridgehead atoms. The molecule has 0 aliphatic carbocycles. The monoisotopic (exact) mass is 397 g/mol. The van der Waals surface area contributed by atoms with E-state index in [1.54, 1.807) is 12.5 Å². The molecule has 0 amide bonds. The van der Waals surface area contributed by atoms with Crippen LogP contribution in [0.3, 0.4) is 0 Å². The van der Waals surface area contributed by atoms with Gasteiger partial charge in [0, 0.05) is 24.3 Å². The van der Waals surface area contributed by atoms with Gasteiger partial charge < -0.3 is 10.3 Å². The minimum absolute atomic E-state index is 0.693. The number of hydrogen-bond acceptors (Lipinski definition) is 6. The Kier molecular flexibility index (Phi) is 3.75. The van der Waals surface area contributed by atoms with E-state index < -0.39 is 0 Å². The van der Waals surface area contributed by atoms with Gasteiger partial charge in [-0.05, 0) is 37.6 Å². The van der Waals surface area contributed by atoms with Gasteiger partial charge in [-0.1, -0.05) is 6.08 Å². The first-order valence-electron chi connectivity index (χ1n) is 9.86. The Hall–Kier alpha value is -3.85. The molecule has 148 valence electrons. The zero-order chi connectivity index (χ0) is 20.1. The molecule has 1 aliphatic rings. The molecular formula is C21H19N9. The fourth-order valence-electron chi connectivity index (χ4n) is 3.89.